The second-order valence-corrected chi connectivity index (χ2v) is 2.76. The van der Waals surface area contributed by atoms with Crippen LogP contribution in [0.25, 0.3) is 0 Å². The Morgan fingerprint density at radius 3 is 2.67 bits per heavy atom. The molecule has 0 aromatic heterocycles. The normalized spacial score (nSPS) is 14.2. The monoisotopic (exact) mass is 187 g/mol. The second-order valence-electron chi connectivity index (χ2n) is 2.57. The Balaban J connectivity index is 4.42. The summed E-state index contributed by atoms with van der Waals surface area (Å²) in [5, 5.41) is 2.21. The van der Waals surface area contributed by atoms with Gasteiger partial charge in [0.1, 0.15) is 0 Å². The van der Waals surface area contributed by atoms with Crippen LogP contribution in [0.4, 0.5) is 0 Å². The third-order valence-electron chi connectivity index (χ3n) is 1.82. The first-order valence-electron chi connectivity index (χ1n) is 3.82. The number of isothiocyanates is 1. The van der Waals surface area contributed by atoms with Gasteiger partial charge in [-0.25, -0.2) is 9.79 Å². The first-order chi connectivity index (χ1) is 5.67. The van der Waals surface area contributed by atoms with Crippen LogP contribution < -0.4 is 0 Å². The number of hydrogen-bond donors (Lipinski definition) is 0. The standard InChI is InChI=1S/C8H13NO2S/c1-4-6(2)7(9-5-12)8(10)11-3/h6-7H,4H2,1-3H3/t6-,7?/m0/s1. The fourth-order valence-electron chi connectivity index (χ4n) is 0.813. The van der Waals surface area contributed by atoms with Crippen LogP contribution in [-0.2, 0) is 9.53 Å². The zero-order valence-electron chi connectivity index (χ0n) is 7.53. The van der Waals surface area contributed by atoms with E-state index < -0.39 is 6.04 Å². The molecule has 1 unspecified atom stereocenters. The summed E-state index contributed by atoms with van der Waals surface area (Å²) >= 11 is 4.44. The number of nitrogens with zero attached hydrogens (tertiary/aromatic N) is 1. The smallest absolute Gasteiger partial charge is 0.331 e. The highest BCUT2D eigenvalue weighted by atomic mass is 32.1. The first kappa shape index (κ1) is 11.3. The zero-order valence-corrected chi connectivity index (χ0v) is 8.35. The van der Waals surface area contributed by atoms with Crippen molar-refractivity contribution in [3.8, 4) is 0 Å². The number of rotatable bonds is 4. The molecule has 0 aromatic rings. The molecule has 0 rings (SSSR count). The molecule has 0 heterocycles. The number of aliphatic imine (C=N–C) groups is 1. The molecule has 12 heavy (non-hydrogen) atoms. The predicted octanol–water partition coefficient (Wildman–Crippen LogP) is 1.68. The van der Waals surface area contributed by atoms with Crippen LogP contribution in [0.3, 0.4) is 0 Å². The molecule has 0 aliphatic heterocycles. The summed E-state index contributed by atoms with van der Waals surface area (Å²) in [7, 11) is 1.34. The van der Waals surface area contributed by atoms with Gasteiger partial charge in [-0.3, -0.25) is 0 Å². The Morgan fingerprint density at radius 1 is 1.75 bits per heavy atom. The Kier molecular flexibility index (Phi) is 5.51. The minimum Gasteiger partial charge on any atom is -0.467 e. The third-order valence-corrected chi connectivity index (χ3v) is 1.92. The summed E-state index contributed by atoms with van der Waals surface area (Å²) in [5.74, 6) is -0.199. The molecule has 0 saturated heterocycles. The van der Waals surface area contributed by atoms with Gasteiger partial charge in [0.15, 0.2) is 6.04 Å². The summed E-state index contributed by atoms with van der Waals surface area (Å²) in [6.45, 7) is 3.91. The minimum atomic E-state index is -0.488. The van der Waals surface area contributed by atoms with Crippen molar-refractivity contribution in [2.75, 3.05) is 7.11 Å². The number of hydrogen-bond acceptors (Lipinski definition) is 4. The lowest BCUT2D eigenvalue weighted by Crippen LogP contribution is -2.26. The van der Waals surface area contributed by atoms with E-state index in [0.717, 1.165) is 6.42 Å². The van der Waals surface area contributed by atoms with E-state index in [9.17, 15) is 4.79 Å². The maximum atomic E-state index is 11.1. The molecule has 0 aliphatic carbocycles. The lowest BCUT2D eigenvalue weighted by Gasteiger charge is -2.14. The van der Waals surface area contributed by atoms with Crippen LogP contribution in [0.1, 0.15) is 20.3 Å². The quantitative estimate of drug-likeness (QED) is 0.382. The lowest BCUT2D eigenvalue weighted by atomic mass is 10.0. The zero-order chi connectivity index (χ0) is 9.56. The molecule has 0 radical (unpaired) electrons. The van der Waals surface area contributed by atoms with Crippen molar-refractivity contribution < 1.29 is 9.53 Å². The third kappa shape index (κ3) is 3.11. The van der Waals surface area contributed by atoms with Crippen molar-refractivity contribution in [1.29, 1.82) is 0 Å². The topological polar surface area (TPSA) is 38.7 Å². The Morgan fingerprint density at radius 2 is 2.33 bits per heavy atom. The number of carbonyl (C=O) groups excluding carboxylic acids is 1. The molecule has 0 amide bonds. The van der Waals surface area contributed by atoms with E-state index in [-0.39, 0.29) is 11.9 Å². The van der Waals surface area contributed by atoms with Gasteiger partial charge in [0.2, 0.25) is 0 Å². The van der Waals surface area contributed by atoms with Crippen molar-refractivity contribution >= 4 is 23.3 Å². The van der Waals surface area contributed by atoms with E-state index in [4.69, 9.17) is 0 Å². The molecule has 4 heteroatoms. The van der Waals surface area contributed by atoms with E-state index in [1.807, 2.05) is 13.8 Å². The van der Waals surface area contributed by atoms with E-state index in [0.29, 0.717) is 0 Å². The molecule has 0 bridgehead atoms. The summed E-state index contributed by atoms with van der Waals surface area (Å²) < 4.78 is 4.57. The van der Waals surface area contributed by atoms with Crippen molar-refractivity contribution in [3.05, 3.63) is 0 Å². The number of ether oxygens (including phenoxy) is 1. The maximum absolute atomic E-state index is 11.1. The van der Waals surface area contributed by atoms with Gasteiger partial charge in [-0.2, -0.15) is 0 Å². The molecular formula is C8H13NO2S. The Bertz CT molecular complexity index is 199. The summed E-state index contributed by atoms with van der Waals surface area (Å²) in [6, 6.07) is -0.488. The number of thiocarbonyl (C=S) groups is 1. The van der Waals surface area contributed by atoms with Crippen molar-refractivity contribution in [2.45, 2.75) is 26.3 Å². The van der Waals surface area contributed by atoms with E-state index in [1.165, 1.54) is 7.11 Å². The highest BCUT2D eigenvalue weighted by molar-refractivity contribution is 7.78. The van der Waals surface area contributed by atoms with Gasteiger partial charge in [0.25, 0.3) is 0 Å². The van der Waals surface area contributed by atoms with Crippen molar-refractivity contribution in [3.63, 3.8) is 0 Å². The van der Waals surface area contributed by atoms with Gasteiger partial charge in [0, 0.05) is 0 Å². The van der Waals surface area contributed by atoms with E-state index in [1.54, 1.807) is 0 Å². The molecule has 3 nitrogen and oxygen atoms in total. The SMILES string of the molecule is CC[C@H](C)C(N=C=S)C(=O)OC. The predicted molar refractivity (Wildman–Crippen MR) is 50.3 cm³/mol. The lowest BCUT2D eigenvalue weighted by molar-refractivity contribution is -0.143. The average Bonchev–Trinajstić information content (AvgIpc) is 2.11. The van der Waals surface area contributed by atoms with Crippen LogP contribution in [0, 0.1) is 5.92 Å². The van der Waals surface area contributed by atoms with E-state index in [2.05, 4.69) is 27.1 Å². The molecule has 0 spiro atoms. The van der Waals surface area contributed by atoms with Crippen LogP contribution in [0.5, 0.6) is 0 Å². The molecule has 2 atom stereocenters. The van der Waals surface area contributed by atoms with Crippen LogP contribution in [0.2, 0.25) is 0 Å². The minimum absolute atomic E-state index is 0.146. The highest BCUT2D eigenvalue weighted by Crippen LogP contribution is 2.12. The number of esters is 1. The van der Waals surface area contributed by atoms with Crippen LogP contribution in [-0.4, -0.2) is 24.3 Å². The summed E-state index contributed by atoms with van der Waals surface area (Å²) in [4.78, 5) is 14.9. The molecule has 0 aliphatic rings. The Hall–Kier alpha value is -0.730. The van der Waals surface area contributed by atoms with Gasteiger partial charge in [-0.05, 0) is 18.1 Å². The fourth-order valence-corrected chi connectivity index (χ4v) is 0.927. The van der Waals surface area contributed by atoms with Gasteiger partial charge >= 0.3 is 5.97 Å². The van der Waals surface area contributed by atoms with Gasteiger partial charge in [-0.15, -0.1) is 0 Å². The van der Waals surface area contributed by atoms with Crippen LogP contribution >= 0.6 is 12.2 Å². The highest BCUT2D eigenvalue weighted by Gasteiger charge is 2.23. The van der Waals surface area contributed by atoms with Gasteiger partial charge in [-0.1, -0.05) is 20.3 Å². The van der Waals surface area contributed by atoms with Crippen molar-refractivity contribution in [2.24, 2.45) is 10.9 Å². The second kappa shape index (κ2) is 5.86. The molecular weight excluding hydrogens is 174 g/mol. The molecule has 68 valence electrons. The average molecular weight is 187 g/mol. The molecule has 0 aromatic carbocycles. The van der Waals surface area contributed by atoms with Gasteiger partial charge in [0.05, 0.1) is 12.3 Å². The Labute approximate surface area is 77.8 Å². The molecule has 0 N–H and O–H groups in total. The number of carbonyl (C=O) groups is 1. The van der Waals surface area contributed by atoms with Gasteiger partial charge < -0.3 is 4.74 Å². The molecule has 0 saturated carbocycles. The summed E-state index contributed by atoms with van der Waals surface area (Å²) in [5.41, 5.74) is 0. The fraction of sp³-hybridized carbons (Fsp3) is 0.750. The van der Waals surface area contributed by atoms with Crippen LogP contribution in [0.15, 0.2) is 4.99 Å². The van der Waals surface area contributed by atoms with Crippen molar-refractivity contribution in [1.82, 2.24) is 0 Å². The first-order valence-corrected chi connectivity index (χ1v) is 4.23. The largest absolute Gasteiger partial charge is 0.467 e. The summed E-state index contributed by atoms with van der Waals surface area (Å²) in [6.07, 6.45) is 0.861. The number of methoxy groups -OCH3 is 1. The maximum Gasteiger partial charge on any atom is 0.331 e. The molecule has 0 fully saturated rings. The van der Waals surface area contributed by atoms with E-state index >= 15 is 0 Å².